The van der Waals surface area contributed by atoms with Crippen LogP contribution in [0.3, 0.4) is 0 Å². The molecule has 13 heteroatoms. The second-order valence-electron chi connectivity index (χ2n) is 7.55. The van der Waals surface area contributed by atoms with Crippen molar-refractivity contribution in [2.75, 3.05) is 51.3 Å². The molecule has 1 atom stereocenters. The Hall–Kier alpha value is -2.22. The molecule has 0 aromatic heterocycles. The number of hydrogen-bond donors (Lipinski definition) is 2. The van der Waals surface area contributed by atoms with Crippen LogP contribution in [0, 0.1) is 0 Å². The molecule has 9 nitrogen and oxygen atoms in total. The van der Waals surface area contributed by atoms with Gasteiger partial charge >= 0.3 is 6.18 Å². The summed E-state index contributed by atoms with van der Waals surface area (Å²) in [5.41, 5.74) is 0.369. The Morgan fingerprint density at radius 3 is 2.38 bits per heavy atom. The predicted octanol–water partition coefficient (Wildman–Crippen LogP) is 0.789. The number of carbonyl (C=O) groups is 2. The first-order chi connectivity index (χ1) is 15.1. The van der Waals surface area contributed by atoms with Crippen molar-refractivity contribution in [2.24, 2.45) is 0 Å². The number of sulfonamides is 1. The summed E-state index contributed by atoms with van der Waals surface area (Å²) in [4.78, 5) is 26.1. The lowest BCUT2D eigenvalue weighted by Crippen LogP contribution is -2.47. The molecule has 2 N–H and O–H groups in total. The van der Waals surface area contributed by atoms with Gasteiger partial charge in [-0.2, -0.15) is 17.5 Å². The van der Waals surface area contributed by atoms with Gasteiger partial charge in [0.1, 0.15) is 6.54 Å². The SMILES string of the molecule is O=C(CN1CCCC1C(=O)NCC(F)(F)F)Nc1ccc(S(=O)(=O)N2CCOCC2)cc1. The number of alkyl halides is 3. The third-order valence-corrected chi connectivity index (χ3v) is 7.13. The number of benzene rings is 1. The third-order valence-electron chi connectivity index (χ3n) is 5.22. The zero-order valence-electron chi connectivity index (χ0n) is 17.2. The molecule has 3 rings (SSSR count). The molecule has 0 bridgehead atoms. The van der Waals surface area contributed by atoms with Crippen molar-refractivity contribution in [2.45, 2.75) is 30.0 Å². The van der Waals surface area contributed by atoms with Gasteiger partial charge in [-0.05, 0) is 43.7 Å². The Bertz CT molecular complexity index is 918. The van der Waals surface area contributed by atoms with Crippen molar-refractivity contribution in [1.29, 1.82) is 0 Å². The van der Waals surface area contributed by atoms with Crippen LogP contribution >= 0.6 is 0 Å². The summed E-state index contributed by atoms with van der Waals surface area (Å²) in [7, 11) is -3.65. The first-order valence-electron chi connectivity index (χ1n) is 10.1. The van der Waals surface area contributed by atoms with E-state index in [1.165, 1.54) is 33.5 Å². The minimum Gasteiger partial charge on any atom is -0.379 e. The van der Waals surface area contributed by atoms with Crippen LogP contribution in [0.25, 0.3) is 0 Å². The lowest BCUT2D eigenvalue weighted by molar-refractivity contribution is -0.141. The van der Waals surface area contributed by atoms with Gasteiger partial charge in [-0.3, -0.25) is 14.5 Å². The molecular formula is C19H25F3N4O5S. The zero-order chi connectivity index (χ0) is 23.4. The maximum Gasteiger partial charge on any atom is 0.405 e. The van der Waals surface area contributed by atoms with Crippen molar-refractivity contribution in [1.82, 2.24) is 14.5 Å². The number of anilines is 1. The summed E-state index contributed by atoms with van der Waals surface area (Å²) in [6.07, 6.45) is -3.55. The van der Waals surface area contributed by atoms with Crippen molar-refractivity contribution >= 4 is 27.5 Å². The number of amides is 2. The number of likely N-dealkylation sites (tertiary alicyclic amines) is 1. The van der Waals surface area contributed by atoms with E-state index in [2.05, 4.69) is 5.32 Å². The Labute approximate surface area is 183 Å². The fourth-order valence-corrected chi connectivity index (χ4v) is 5.06. The molecule has 2 fully saturated rings. The molecule has 1 aromatic rings. The molecular weight excluding hydrogens is 453 g/mol. The van der Waals surface area contributed by atoms with Gasteiger partial charge in [0, 0.05) is 18.8 Å². The molecule has 2 aliphatic rings. The van der Waals surface area contributed by atoms with Crippen molar-refractivity contribution in [3.63, 3.8) is 0 Å². The summed E-state index contributed by atoms with van der Waals surface area (Å²) >= 11 is 0. The quantitative estimate of drug-likeness (QED) is 0.600. The molecule has 0 aliphatic carbocycles. The highest BCUT2D eigenvalue weighted by molar-refractivity contribution is 7.89. The smallest absolute Gasteiger partial charge is 0.379 e. The minimum atomic E-state index is -4.50. The van der Waals surface area contributed by atoms with Gasteiger partial charge in [-0.25, -0.2) is 8.42 Å². The van der Waals surface area contributed by atoms with Crippen LogP contribution in [0.1, 0.15) is 12.8 Å². The van der Waals surface area contributed by atoms with Gasteiger partial charge < -0.3 is 15.4 Å². The number of ether oxygens (including phenoxy) is 1. The predicted molar refractivity (Wildman–Crippen MR) is 108 cm³/mol. The van der Waals surface area contributed by atoms with E-state index in [4.69, 9.17) is 4.74 Å². The van der Waals surface area contributed by atoms with Crippen molar-refractivity contribution in [3.8, 4) is 0 Å². The molecule has 178 valence electrons. The third kappa shape index (κ3) is 6.40. The van der Waals surface area contributed by atoms with E-state index in [0.717, 1.165) is 0 Å². The number of rotatable bonds is 7. The van der Waals surface area contributed by atoms with Crippen LogP contribution in [0.15, 0.2) is 29.2 Å². The maximum absolute atomic E-state index is 12.6. The highest BCUT2D eigenvalue weighted by atomic mass is 32.2. The van der Waals surface area contributed by atoms with Gasteiger partial charge in [0.15, 0.2) is 0 Å². The molecule has 32 heavy (non-hydrogen) atoms. The fourth-order valence-electron chi connectivity index (χ4n) is 3.65. The molecule has 0 spiro atoms. The van der Waals surface area contributed by atoms with Gasteiger partial charge in [0.2, 0.25) is 21.8 Å². The largest absolute Gasteiger partial charge is 0.405 e. The molecule has 2 saturated heterocycles. The Morgan fingerprint density at radius 2 is 1.75 bits per heavy atom. The molecule has 0 radical (unpaired) electrons. The first kappa shape index (κ1) is 24.4. The minimum absolute atomic E-state index is 0.0957. The molecule has 2 amide bonds. The summed E-state index contributed by atoms with van der Waals surface area (Å²) in [5.74, 6) is -1.21. The van der Waals surface area contributed by atoms with Crippen LogP contribution in [0.4, 0.5) is 18.9 Å². The van der Waals surface area contributed by atoms with Gasteiger partial charge in [-0.1, -0.05) is 0 Å². The molecule has 1 aromatic carbocycles. The van der Waals surface area contributed by atoms with E-state index in [0.29, 0.717) is 38.3 Å². The van der Waals surface area contributed by atoms with Crippen LogP contribution in [0.2, 0.25) is 0 Å². The molecule has 0 saturated carbocycles. The van der Waals surface area contributed by atoms with Crippen LogP contribution in [-0.2, 0) is 24.3 Å². The van der Waals surface area contributed by atoms with E-state index in [9.17, 15) is 31.2 Å². The molecule has 2 aliphatic heterocycles. The van der Waals surface area contributed by atoms with Gasteiger partial charge in [0.05, 0.1) is 30.7 Å². The van der Waals surface area contributed by atoms with E-state index in [1.807, 2.05) is 5.32 Å². The average molecular weight is 478 g/mol. The molecule has 1 unspecified atom stereocenters. The zero-order valence-corrected chi connectivity index (χ0v) is 18.0. The summed E-state index contributed by atoms with van der Waals surface area (Å²) in [5, 5.41) is 4.48. The Kier molecular flexibility index (Phi) is 7.75. The Morgan fingerprint density at radius 1 is 1.09 bits per heavy atom. The van der Waals surface area contributed by atoms with E-state index < -0.39 is 40.6 Å². The van der Waals surface area contributed by atoms with Crippen LogP contribution in [-0.4, -0.2) is 87.6 Å². The van der Waals surface area contributed by atoms with Crippen LogP contribution in [0.5, 0.6) is 0 Å². The van der Waals surface area contributed by atoms with Gasteiger partial charge in [0.25, 0.3) is 0 Å². The highest BCUT2D eigenvalue weighted by Crippen LogP contribution is 2.21. The Balaban J connectivity index is 1.55. The van der Waals surface area contributed by atoms with E-state index in [1.54, 1.807) is 0 Å². The standard InChI is InChI=1S/C19H25F3N4O5S/c20-19(21,22)13-23-18(28)16-2-1-7-25(16)12-17(27)24-14-3-5-15(6-4-14)32(29,30)26-8-10-31-11-9-26/h3-6,16H,1-2,7-13H2,(H,23,28)(H,24,27). The number of carbonyl (C=O) groups excluding carboxylic acids is 2. The highest BCUT2D eigenvalue weighted by Gasteiger charge is 2.35. The lowest BCUT2D eigenvalue weighted by Gasteiger charge is -2.26. The summed E-state index contributed by atoms with van der Waals surface area (Å²) in [6.45, 7) is 0.0369. The molecule has 2 heterocycles. The number of nitrogens with zero attached hydrogens (tertiary/aromatic N) is 2. The normalized spacial score (nSPS) is 20.8. The second-order valence-corrected chi connectivity index (χ2v) is 9.49. The number of hydrogen-bond acceptors (Lipinski definition) is 6. The summed E-state index contributed by atoms with van der Waals surface area (Å²) < 4.78 is 68.7. The topological polar surface area (TPSA) is 108 Å². The van der Waals surface area contributed by atoms with Crippen LogP contribution < -0.4 is 10.6 Å². The fraction of sp³-hybridized carbons (Fsp3) is 0.579. The maximum atomic E-state index is 12.6. The van der Waals surface area contributed by atoms with Crippen molar-refractivity contribution < 1.29 is 35.9 Å². The second kappa shape index (κ2) is 10.1. The van der Waals surface area contributed by atoms with Gasteiger partial charge in [-0.15, -0.1) is 0 Å². The first-order valence-corrected chi connectivity index (χ1v) is 11.6. The lowest BCUT2D eigenvalue weighted by atomic mass is 10.2. The average Bonchev–Trinajstić information content (AvgIpc) is 3.20. The monoisotopic (exact) mass is 478 g/mol. The van der Waals surface area contributed by atoms with E-state index in [-0.39, 0.29) is 24.5 Å². The number of nitrogens with one attached hydrogen (secondary N) is 2. The number of morpholine rings is 1. The van der Waals surface area contributed by atoms with E-state index >= 15 is 0 Å². The number of halogens is 3. The summed E-state index contributed by atoms with van der Waals surface area (Å²) in [6, 6.07) is 4.91. The van der Waals surface area contributed by atoms with Crippen molar-refractivity contribution in [3.05, 3.63) is 24.3 Å².